The zero-order valence-electron chi connectivity index (χ0n) is 15.9. The van der Waals surface area contributed by atoms with E-state index in [-0.39, 0.29) is 11.2 Å². The van der Waals surface area contributed by atoms with Crippen LogP contribution in [0.15, 0.2) is 45.0 Å². The smallest absolute Gasteiger partial charge is 0.297 e. The number of hydrogen-bond donors (Lipinski definition) is 0. The fourth-order valence-corrected chi connectivity index (χ4v) is 3.40. The molecule has 0 unspecified atom stereocenters. The molecule has 1 aliphatic heterocycles. The van der Waals surface area contributed by atoms with Gasteiger partial charge in [-0.3, -0.25) is 18.5 Å². The average molecular weight is 366 g/mol. The van der Waals surface area contributed by atoms with Crippen molar-refractivity contribution in [3.63, 3.8) is 0 Å². The van der Waals surface area contributed by atoms with Crippen molar-refractivity contribution in [2.24, 2.45) is 25.1 Å². The molecule has 0 N–H and O–H groups in total. The molecular formula is C19H22N6O2. The van der Waals surface area contributed by atoms with Gasteiger partial charge in [-0.1, -0.05) is 44.2 Å². The Kier molecular flexibility index (Phi) is 3.98. The van der Waals surface area contributed by atoms with E-state index in [2.05, 4.69) is 18.8 Å². The Labute approximate surface area is 156 Å². The van der Waals surface area contributed by atoms with Gasteiger partial charge in [0.15, 0.2) is 11.2 Å². The molecule has 3 aromatic rings. The summed E-state index contributed by atoms with van der Waals surface area (Å²) in [5, 5.41) is 6.64. The molecule has 0 saturated carbocycles. The maximum atomic E-state index is 12.8. The van der Waals surface area contributed by atoms with Crippen LogP contribution in [0.4, 0.5) is 5.95 Å². The summed E-state index contributed by atoms with van der Waals surface area (Å²) < 4.78 is 4.41. The first-order chi connectivity index (χ1) is 12.9. The number of hydrogen-bond acceptors (Lipinski definition) is 5. The van der Waals surface area contributed by atoms with E-state index in [1.54, 1.807) is 7.05 Å². The number of benzene rings is 1. The lowest BCUT2D eigenvalue weighted by atomic mass is 10.1. The van der Waals surface area contributed by atoms with E-state index >= 15 is 0 Å². The molecule has 0 amide bonds. The molecule has 3 heterocycles. The molecule has 2 aromatic heterocycles. The fourth-order valence-electron chi connectivity index (χ4n) is 3.40. The highest BCUT2D eigenvalue weighted by molar-refractivity contribution is 6.02. The first-order valence-electron chi connectivity index (χ1n) is 8.95. The largest absolute Gasteiger partial charge is 0.332 e. The number of aromatic nitrogens is 4. The minimum absolute atomic E-state index is 0.342. The number of fused-ring (bicyclic) bond motifs is 3. The first-order valence-corrected chi connectivity index (χ1v) is 8.95. The molecule has 8 nitrogen and oxygen atoms in total. The summed E-state index contributed by atoms with van der Waals surface area (Å²) in [6, 6.07) is 9.90. The number of nitrogens with zero attached hydrogens (tertiary/aromatic N) is 6. The molecule has 0 aliphatic carbocycles. The lowest BCUT2D eigenvalue weighted by Gasteiger charge is -2.27. The number of rotatable bonds is 3. The fraction of sp³-hybridized carbons (Fsp3) is 0.368. The maximum Gasteiger partial charge on any atom is 0.332 e. The van der Waals surface area contributed by atoms with Crippen molar-refractivity contribution >= 4 is 22.8 Å². The summed E-state index contributed by atoms with van der Waals surface area (Å²) in [6.07, 6.45) is 0. The van der Waals surface area contributed by atoms with E-state index in [9.17, 15) is 9.59 Å². The van der Waals surface area contributed by atoms with Crippen molar-refractivity contribution in [1.82, 2.24) is 18.7 Å². The molecule has 8 heteroatoms. The van der Waals surface area contributed by atoms with Gasteiger partial charge < -0.3 is 0 Å². The second-order valence-corrected chi connectivity index (χ2v) is 7.26. The number of imidazole rings is 1. The van der Waals surface area contributed by atoms with Gasteiger partial charge in [-0.25, -0.2) is 9.80 Å². The lowest BCUT2D eigenvalue weighted by molar-refractivity contribution is 0.595. The van der Waals surface area contributed by atoms with Gasteiger partial charge in [0.05, 0.1) is 12.3 Å². The van der Waals surface area contributed by atoms with Crippen LogP contribution in [0.5, 0.6) is 0 Å². The van der Waals surface area contributed by atoms with Crippen LogP contribution in [0.3, 0.4) is 0 Å². The standard InChI is InChI=1S/C19H22N6O2/c1-12(2)10-25-18-20-16-15(17(26)23(4)19(27)22(16)3)24(18)11-14(21-25)13-8-6-5-7-9-13/h5-9,12H,10-11H2,1-4H3. The highest BCUT2D eigenvalue weighted by Gasteiger charge is 2.28. The second-order valence-electron chi connectivity index (χ2n) is 7.26. The molecule has 0 atom stereocenters. The molecule has 1 aromatic carbocycles. The van der Waals surface area contributed by atoms with E-state index in [1.165, 1.54) is 11.6 Å². The number of anilines is 1. The molecule has 0 fully saturated rings. The minimum Gasteiger partial charge on any atom is -0.297 e. The monoisotopic (exact) mass is 366 g/mol. The van der Waals surface area contributed by atoms with Crippen molar-refractivity contribution in [1.29, 1.82) is 0 Å². The third kappa shape index (κ3) is 2.68. The highest BCUT2D eigenvalue weighted by atomic mass is 16.2. The maximum absolute atomic E-state index is 12.8. The van der Waals surface area contributed by atoms with E-state index < -0.39 is 0 Å². The van der Waals surface area contributed by atoms with Crippen LogP contribution in [-0.2, 0) is 20.6 Å². The van der Waals surface area contributed by atoms with Crippen molar-refractivity contribution in [3.8, 4) is 0 Å². The molecule has 4 rings (SSSR count). The van der Waals surface area contributed by atoms with E-state index in [0.717, 1.165) is 15.8 Å². The quantitative estimate of drug-likeness (QED) is 0.700. The molecule has 0 radical (unpaired) electrons. The van der Waals surface area contributed by atoms with Gasteiger partial charge in [-0.2, -0.15) is 10.1 Å². The molecule has 0 saturated heterocycles. The molecule has 140 valence electrons. The topological polar surface area (TPSA) is 77.4 Å². The molecular weight excluding hydrogens is 344 g/mol. The Morgan fingerprint density at radius 2 is 1.78 bits per heavy atom. The third-order valence-corrected chi connectivity index (χ3v) is 4.75. The lowest BCUT2D eigenvalue weighted by Crippen LogP contribution is -2.38. The molecule has 0 bridgehead atoms. The zero-order valence-corrected chi connectivity index (χ0v) is 15.9. The third-order valence-electron chi connectivity index (χ3n) is 4.75. The van der Waals surface area contributed by atoms with Crippen LogP contribution >= 0.6 is 0 Å². The zero-order chi connectivity index (χ0) is 19.3. The van der Waals surface area contributed by atoms with Crippen molar-refractivity contribution in [2.75, 3.05) is 11.6 Å². The summed E-state index contributed by atoms with van der Waals surface area (Å²) in [5.74, 6) is 0.945. The van der Waals surface area contributed by atoms with E-state index in [0.29, 0.717) is 36.1 Å². The SMILES string of the molecule is CC(C)CN1N=C(c2ccccc2)Cn2c1nc1c2c(=O)n(C)c(=O)n1C. The van der Waals surface area contributed by atoms with E-state index in [4.69, 9.17) is 5.10 Å². The van der Waals surface area contributed by atoms with Crippen LogP contribution < -0.4 is 16.3 Å². The van der Waals surface area contributed by atoms with Gasteiger partial charge >= 0.3 is 5.69 Å². The first kappa shape index (κ1) is 17.3. The Bertz CT molecular complexity index is 1170. The summed E-state index contributed by atoms with van der Waals surface area (Å²) in [5.41, 5.74) is 1.94. The summed E-state index contributed by atoms with van der Waals surface area (Å²) in [4.78, 5) is 29.7. The van der Waals surface area contributed by atoms with Crippen LogP contribution in [0, 0.1) is 5.92 Å². The molecule has 1 aliphatic rings. The van der Waals surface area contributed by atoms with E-state index in [1.807, 2.05) is 39.9 Å². The minimum atomic E-state index is -0.387. The second kappa shape index (κ2) is 6.22. The van der Waals surface area contributed by atoms with Crippen molar-refractivity contribution in [2.45, 2.75) is 20.4 Å². The van der Waals surface area contributed by atoms with Gasteiger partial charge in [0, 0.05) is 20.6 Å². The predicted molar refractivity (Wildman–Crippen MR) is 105 cm³/mol. The van der Waals surface area contributed by atoms with Gasteiger partial charge in [0.25, 0.3) is 5.56 Å². The van der Waals surface area contributed by atoms with Crippen molar-refractivity contribution < 1.29 is 0 Å². The van der Waals surface area contributed by atoms with Crippen LogP contribution in [0.1, 0.15) is 19.4 Å². The number of aryl methyl sites for hydroxylation is 1. The summed E-state index contributed by atoms with van der Waals surface area (Å²) >= 11 is 0. The molecule has 0 spiro atoms. The average Bonchev–Trinajstić information content (AvgIpc) is 3.05. The van der Waals surface area contributed by atoms with Crippen LogP contribution in [0.25, 0.3) is 11.2 Å². The van der Waals surface area contributed by atoms with Crippen LogP contribution in [0.2, 0.25) is 0 Å². The van der Waals surface area contributed by atoms with Gasteiger partial charge in [-0.05, 0) is 11.5 Å². The Balaban J connectivity index is 1.99. The normalized spacial score (nSPS) is 14.0. The van der Waals surface area contributed by atoms with Gasteiger partial charge in [-0.15, -0.1) is 0 Å². The predicted octanol–water partition coefficient (Wildman–Crippen LogP) is 1.31. The Hall–Kier alpha value is -3.16. The Morgan fingerprint density at radius 3 is 2.44 bits per heavy atom. The Morgan fingerprint density at radius 1 is 1.07 bits per heavy atom. The van der Waals surface area contributed by atoms with Crippen LogP contribution in [-0.4, -0.2) is 30.9 Å². The number of hydrazone groups is 1. The highest BCUT2D eigenvalue weighted by Crippen LogP contribution is 2.26. The summed E-state index contributed by atoms with van der Waals surface area (Å²) in [6.45, 7) is 5.30. The van der Waals surface area contributed by atoms with Gasteiger partial charge in [0.2, 0.25) is 5.95 Å². The van der Waals surface area contributed by atoms with Crippen molar-refractivity contribution in [3.05, 3.63) is 56.7 Å². The summed E-state index contributed by atoms with van der Waals surface area (Å²) in [7, 11) is 3.12. The molecule has 27 heavy (non-hydrogen) atoms. The van der Waals surface area contributed by atoms with Gasteiger partial charge in [0.1, 0.15) is 0 Å².